The summed E-state index contributed by atoms with van der Waals surface area (Å²) in [4.78, 5) is 0.587. The van der Waals surface area contributed by atoms with Crippen molar-refractivity contribution >= 4 is 35.3 Å². The molecule has 0 aliphatic carbocycles. The summed E-state index contributed by atoms with van der Waals surface area (Å²) < 4.78 is 36.2. The van der Waals surface area contributed by atoms with E-state index in [2.05, 4.69) is 4.72 Å². The minimum Gasteiger partial charge on any atom is -0.324 e. The monoisotopic (exact) mass is 447 g/mol. The van der Waals surface area contributed by atoms with Crippen LogP contribution in [0.4, 0.5) is 0 Å². The van der Waals surface area contributed by atoms with Gasteiger partial charge in [0.25, 0.3) is 7.37 Å². The van der Waals surface area contributed by atoms with E-state index in [9.17, 15) is 8.77 Å². The van der Waals surface area contributed by atoms with Crippen molar-refractivity contribution in [2.45, 2.75) is 24.5 Å². The molecule has 3 aromatic rings. The Hall–Kier alpha value is -1.75. The quantitative estimate of drug-likeness (QED) is 0.457. The van der Waals surface area contributed by atoms with Crippen molar-refractivity contribution in [3.63, 3.8) is 0 Å². The zero-order valence-electron chi connectivity index (χ0n) is 16.2. The van der Waals surface area contributed by atoms with Crippen molar-refractivity contribution in [1.29, 1.82) is 0 Å². The van der Waals surface area contributed by atoms with E-state index in [1.165, 1.54) is 0 Å². The molecule has 7 heteroatoms. The van der Waals surface area contributed by atoms with Crippen molar-refractivity contribution in [2.75, 3.05) is 6.61 Å². The van der Waals surface area contributed by atoms with Crippen LogP contribution < -0.4 is 10.0 Å². The maximum Gasteiger partial charge on any atom is 0.253 e. The third kappa shape index (κ3) is 5.06. The van der Waals surface area contributed by atoms with E-state index >= 15 is 0 Å². The number of hydrogen-bond acceptors (Lipinski definition) is 3. The Bertz CT molecular complexity index is 1030. The van der Waals surface area contributed by atoms with Crippen molar-refractivity contribution in [3.8, 4) is 0 Å². The largest absolute Gasteiger partial charge is 0.324 e. The van der Waals surface area contributed by atoms with E-state index in [-0.39, 0.29) is 6.61 Å². The Balaban J connectivity index is 2.09. The van der Waals surface area contributed by atoms with Gasteiger partial charge in [-0.1, -0.05) is 65.7 Å². The lowest BCUT2D eigenvalue weighted by molar-refractivity contribution is 0.332. The molecular weight excluding hydrogens is 425 g/mol. The predicted molar refractivity (Wildman–Crippen MR) is 120 cm³/mol. The molecule has 0 bridgehead atoms. The van der Waals surface area contributed by atoms with Crippen molar-refractivity contribution < 1.29 is 13.3 Å². The molecule has 0 aromatic heterocycles. The topological polar surface area (TPSA) is 55.4 Å². The highest BCUT2D eigenvalue weighted by molar-refractivity contribution is 7.83. The number of benzene rings is 3. The fourth-order valence-corrected chi connectivity index (χ4v) is 7.14. The lowest BCUT2D eigenvalue weighted by atomic mass is 10.2. The standard InChI is InChI=1S/C22H23ClNO3PS/c1-3-27-28(25,18-9-5-4-6-10-18)22(20-11-7-8-12-21(20)23)24-29(26)19-15-13-17(2)14-16-19/h4-16,22,24H,3H2,1-2H3. The number of rotatable bonds is 8. The summed E-state index contributed by atoms with van der Waals surface area (Å²) in [6.45, 7) is 3.99. The highest BCUT2D eigenvalue weighted by Gasteiger charge is 2.39. The molecule has 0 saturated heterocycles. The molecule has 0 spiro atoms. The predicted octanol–water partition coefficient (Wildman–Crippen LogP) is 5.60. The first kappa shape index (κ1) is 21.9. The highest BCUT2D eigenvalue weighted by atomic mass is 35.5. The lowest BCUT2D eigenvalue weighted by Crippen LogP contribution is -2.28. The molecule has 3 rings (SSSR count). The van der Waals surface area contributed by atoms with E-state index in [1.807, 2.05) is 43.3 Å². The number of nitrogens with one attached hydrogen (secondary N) is 1. The molecule has 0 saturated carbocycles. The maximum absolute atomic E-state index is 14.2. The summed E-state index contributed by atoms with van der Waals surface area (Å²) in [7, 11) is -5.12. The van der Waals surface area contributed by atoms with Gasteiger partial charge in [-0.15, -0.1) is 0 Å². The van der Waals surface area contributed by atoms with Crippen LogP contribution in [-0.2, 0) is 20.1 Å². The van der Waals surface area contributed by atoms with Crippen LogP contribution in [0.1, 0.15) is 23.8 Å². The van der Waals surface area contributed by atoms with Crippen molar-refractivity contribution in [2.24, 2.45) is 0 Å². The van der Waals surface area contributed by atoms with Gasteiger partial charge in [0, 0.05) is 10.3 Å². The second kappa shape index (κ2) is 9.84. The molecule has 4 nitrogen and oxygen atoms in total. The summed E-state index contributed by atoms with van der Waals surface area (Å²) in [6.07, 6.45) is 0. The van der Waals surface area contributed by atoms with E-state index in [0.717, 1.165) is 5.56 Å². The molecule has 0 radical (unpaired) electrons. The van der Waals surface area contributed by atoms with E-state index in [4.69, 9.17) is 16.1 Å². The Labute approximate surface area is 179 Å². The average Bonchev–Trinajstić information content (AvgIpc) is 2.74. The number of halogens is 1. The van der Waals surface area contributed by atoms with Gasteiger partial charge in [0.2, 0.25) is 0 Å². The normalized spacial score (nSPS) is 15.4. The van der Waals surface area contributed by atoms with Gasteiger partial charge in [0.15, 0.2) is 0 Å². The molecule has 3 aromatic carbocycles. The first-order chi connectivity index (χ1) is 14.0. The Kier molecular flexibility index (Phi) is 7.44. The van der Waals surface area contributed by atoms with E-state index in [0.29, 0.717) is 20.8 Å². The third-order valence-electron chi connectivity index (χ3n) is 4.43. The van der Waals surface area contributed by atoms with Gasteiger partial charge in [0.1, 0.15) is 16.8 Å². The lowest BCUT2D eigenvalue weighted by Gasteiger charge is -2.29. The van der Waals surface area contributed by atoms with Crippen LogP contribution in [0.2, 0.25) is 5.02 Å². The Morgan fingerprint density at radius 2 is 1.62 bits per heavy atom. The van der Waals surface area contributed by atoms with E-state index < -0.39 is 24.1 Å². The third-order valence-corrected chi connectivity index (χ3v) is 8.85. The Morgan fingerprint density at radius 1 is 1.00 bits per heavy atom. The smallest absolute Gasteiger partial charge is 0.253 e. The van der Waals surface area contributed by atoms with Gasteiger partial charge < -0.3 is 4.52 Å². The zero-order chi connectivity index (χ0) is 20.9. The van der Waals surface area contributed by atoms with Gasteiger partial charge in [-0.25, -0.2) is 8.93 Å². The average molecular weight is 448 g/mol. The summed E-state index contributed by atoms with van der Waals surface area (Å²) in [5.74, 6) is -0.874. The van der Waals surface area contributed by atoms with Crippen LogP contribution in [0.15, 0.2) is 83.8 Å². The van der Waals surface area contributed by atoms with Gasteiger partial charge in [-0.3, -0.25) is 4.57 Å². The highest BCUT2D eigenvalue weighted by Crippen LogP contribution is 2.58. The van der Waals surface area contributed by atoms with Crippen molar-refractivity contribution in [3.05, 3.63) is 95.0 Å². The minimum absolute atomic E-state index is 0.242. The summed E-state index contributed by atoms with van der Waals surface area (Å²) in [6, 6.07) is 23.4. The summed E-state index contributed by atoms with van der Waals surface area (Å²) in [5, 5.41) is 0.974. The van der Waals surface area contributed by atoms with Crippen LogP contribution in [0.3, 0.4) is 0 Å². The summed E-state index contributed by atoms with van der Waals surface area (Å²) >= 11 is 6.45. The summed E-state index contributed by atoms with van der Waals surface area (Å²) in [5.41, 5.74) is 1.65. The van der Waals surface area contributed by atoms with Gasteiger partial charge in [-0.2, -0.15) is 0 Å². The van der Waals surface area contributed by atoms with E-state index in [1.54, 1.807) is 49.4 Å². The molecule has 0 heterocycles. The maximum atomic E-state index is 14.2. The molecular formula is C22H23ClNO3PS. The molecule has 3 unspecified atom stereocenters. The van der Waals surface area contributed by atoms with Crippen LogP contribution in [0.5, 0.6) is 0 Å². The second-order valence-corrected chi connectivity index (χ2v) is 10.6. The number of hydrogen-bond donors (Lipinski definition) is 1. The molecule has 0 aliphatic rings. The fraction of sp³-hybridized carbons (Fsp3) is 0.182. The van der Waals surface area contributed by atoms with Crippen LogP contribution in [-0.4, -0.2) is 10.8 Å². The first-order valence-electron chi connectivity index (χ1n) is 9.24. The Morgan fingerprint density at radius 3 is 2.24 bits per heavy atom. The SMILES string of the molecule is CCOP(=O)(c1ccccc1)C(NS(=O)c1ccc(C)cc1)c1ccccc1Cl. The first-order valence-corrected chi connectivity index (χ1v) is 12.5. The fourth-order valence-electron chi connectivity index (χ4n) is 2.97. The zero-order valence-corrected chi connectivity index (χ0v) is 18.7. The van der Waals surface area contributed by atoms with Crippen LogP contribution >= 0.6 is 19.0 Å². The minimum atomic E-state index is -3.50. The van der Waals surface area contributed by atoms with Crippen LogP contribution in [0.25, 0.3) is 0 Å². The van der Waals surface area contributed by atoms with Gasteiger partial charge in [0.05, 0.1) is 11.5 Å². The van der Waals surface area contributed by atoms with Gasteiger partial charge in [-0.05, 0) is 49.7 Å². The molecule has 0 amide bonds. The number of aryl methyl sites for hydroxylation is 1. The second-order valence-electron chi connectivity index (χ2n) is 6.47. The van der Waals surface area contributed by atoms with Crippen LogP contribution in [0, 0.1) is 6.92 Å². The molecule has 152 valence electrons. The molecule has 1 N–H and O–H groups in total. The van der Waals surface area contributed by atoms with Gasteiger partial charge >= 0.3 is 0 Å². The molecule has 0 aliphatic heterocycles. The molecule has 0 fully saturated rings. The molecule has 3 atom stereocenters. The molecule has 29 heavy (non-hydrogen) atoms. The van der Waals surface area contributed by atoms with Crippen molar-refractivity contribution in [1.82, 2.24) is 4.72 Å².